The Kier molecular flexibility index (Phi) is 3.15. The van der Waals surface area contributed by atoms with Crippen LogP contribution in [0, 0.1) is 0 Å². The average molecular weight is 246 g/mol. The third kappa shape index (κ3) is 2.31. The van der Waals surface area contributed by atoms with Crippen molar-refractivity contribution in [2.24, 2.45) is 0 Å². The Bertz CT molecular complexity index is 560. The van der Waals surface area contributed by atoms with E-state index < -0.39 is 0 Å². The molecule has 0 aliphatic heterocycles. The van der Waals surface area contributed by atoms with E-state index in [4.69, 9.17) is 11.5 Å². The molecule has 3 nitrogen and oxygen atoms in total. The third-order valence-corrected chi connectivity index (χ3v) is 3.78. The highest BCUT2D eigenvalue weighted by Crippen LogP contribution is 2.24. The summed E-state index contributed by atoms with van der Waals surface area (Å²) in [5, 5.41) is 0. The quantitative estimate of drug-likeness (QED) is 0.646. The number of benzene rings is 1. The summed E-state index contributed by atoms with van der Waals surface area (Å²) in [6.45, 7) is 2.07. The number of thiophene rings is 1. The Morgan fingerprint density at radius 1 is 1.24 bits per heavy atom. The van der Waals surface area contributed by atoms with Crippen LogP contribution in [0.4, 0.5) is 11.4 Å². The smallest absolute Gasteiger partial charge is 0.205 e. The molecule has 2 rings (SSSR count). The zero-order valence-corrected chi connectivity index (χ0v) is 10.4. The number of anilines is 2. The molecule has 0 fully saturated rings. The van der Waals surface area contributed by atoms with E-state index >= 15 is 0 Å². The van der Waals surface area contributed by atoms with E-state index in [0.29, 0.717) is 16.9 Å². The highest BCUT2D eigenvalue weighted by molar-refractivity contribution is 7.14. The molecule has 0 radical (unpaired) electrons. The fourth-order valence-electron chi connectivity index (χ4n) is 1.61. The summed E-state index contributed by atoms with van der Waals surface area (Å²) in [6.07, 6.45) is 0.940. The van der Waals surface area contributed by atoms with Crippen LogP contribution in [0.3, 0.4) is 0 Å². The predicted octanol–water partition coefficient (Wildman–Crippen LogP) is 2.71. The van der Waals surface area contributed by atoms with Gasteiger partial charge in [0.1, 0.15) is 0 Å². The van der Waals surface area contributed by atoms with Crippen molar-refractivity contribution < 1.29 is 4.79 Å². The van der Waals surface area contributed by atoms with E-state index in [1.165, 1.54) is 16.2 Å². The van der Waals surface area contributed by atoms with E-state index in [1.54, 1.807) is 18.2 Å². The summed E-state index contributed by atoms with van der Waals surface area (Å²) in [7, 11) is 0. The topological polar surface area (TPSA) is 69.1 Å². The number of hydrogen-bond acceptors (Lipinski definition) is 4. The van der Waals surface area contributed by atoms with Crippen LogP contribution in [0.5, 0.6) is 0 Å². The van der Waals surface area contributed by atoms with Crippen molar-refractivity contribution >= 4 is 28.5 Å². The van der Waals surface area contributed by atoms with Gasteiger partial charge in [-0.2, -0.15) is 0 Å². The SMILES string of the molecule is CCc1ccc(C(=O)c2ccc(N)cc2N)s1. The van der Waals surface area contributed by atoms with Gasteiger partial charge in [-0.1, -0.05) is 6.92 Å². The minimum absolute atomic E-state index is 0.0350. The van der Waals surface area contributed by atoms with Crippen LogP contribution in [0.15, 0.2) is 30.3 Å². The lowest BCUT2D eigenvalue weighted by Gasteiger charge is -2.03. The molecule has 0 aliphatic carbocycles. The number of carbonyl (C=O) groups is 1. The molecule has 0 saturated carbocycles. The number of rotatable bonds is 3. The van der Waals surface area contributed by atoms with Crippen LogP contribution < -0.4 is 11.5 Å². The van der Waals surface area contributed by atoms with Crippen molar-refractivity contribution in [1.29, 1.82) is 0 Å². The number of hydrogen-bond donors (Lipinski definition) is 2. The Labute approximate surface area is 104 Å². The Morgan fingerprint density at radius 3 is 2.59 bits per heavy atom. The lowest BCUT2D eigenvalue weighted by atomic mass is 10.1. The van der Waals surface area contributed by atoms with E-state index in [2.05, 4.69) is 6.92 Å². The zero-order valence-electron chi connectivity index (χ0n) is 9.57. The molecule has 88 valence electrons. The number of nitrogens with two attached hydrogens (primary N) is 2. The van der Waals surface area contributed by atoms with Gasteiger partial charge in [-0.25, -0.2) is 0 Å². The monoisotopic (exact) mass is 246 g/mol. The maximum atomic E-state index is 12.2. The van der Waals surface area contributed by atoms with Crippen molar-refractivity contribution in [1.82, 2.24) is 0 Å². The molecule has 0 unspecified atom stereocenters. The van der Waals surface area contributed by atoms with Crippen LogP contribution in [-0.4, -0.2) is 5.78 Å². The lowest BCUT2D eigenvalue weighted by Crippen LogP contribution is -2.04. The van der Waals surface area contributed by atoms with Crippen molar-refractivity contribution in [3.05, 3.63) is 45.6 Å². The molecule has 1 aromatic heterocycles. The number of nitrogen functional groups attached to an aromatic ring is 2. The van der Waals surface area contributed by atoms with Crippen LogP contribution in [0.2, 0.25) is 0 Å². The van der Waals surface area contributed by atoms with Gasteiger partial charge in [0.25, 0.3) is 0 Å². The fourth-order valence-corrected chi connectivity index (χ4v) is 2.51. The van der Waals surface area contributed by atoms with Gasteiger partial charge in [0.15, 0.2) is 0 Å². The van der Waals surface area contributed by atoms with Gasteiger partial charge in [0.05, 0.1) is 4.88 Å². The van der Waals surface area contributed by atoms with Crippen LogP contribution in [-0.2, 0) is 6.42 Å². The van der Waals surface area contributed by atoms with E-state index in [1.807, 2.05) is 12.1 Å². The van der Waals surface area contributed by atoms with Gasteiger partial charge in [0, 0.05) is 21.8 Å². The maximum Gasteiger partial charge on any atom is 0.205 e. The highest BCUT2D eigenvalue weighted by Gasteiger charge is 2.14. The molecule has 1 aromatic carbocycles. The van der Waals surface area contributed by atoms with Crippen LogP contribution in [0.25, 0.3) is 0 Å². The summed E-state index contributed by atoms with van der Waals surface area (Å²) < 4.78 is 0. The Hall–Kier alpha value is -1.81. The van der Waals surface area contributed by atoms with Gasteiger partial charge in [0.2, 0.25) is 5.78 Å². The second-order valence-corrected chi connectivity index (χ2v) is 4.96. The zero-order chi connectivity index (χ0) is 12.4. The molecule has 0 spiro atoms. The summed E-state index contributed by atoms with van der Waals surface area (Å²) in [5.41, 5.74) is 12.9. The summed E-state index contributed by atoms with van der Waals surface area (Å²) in [5.74, 6) is -0.0350. The van der Waals surface area contributed by atoms with Gasteiger partial charge in [-0.15, -0.1) is 11.3 Å². The van der Waals surface area contributed by atoms with Crippen molar-refractivity contribution in [3.63, 3.8) is 0 Å². The fraction of sp³-hybridized carbons (Fsp3) is 0.154. The van der Waals surface area contributed by atoms with E-state index in [0.717, 1.165) is 11.3 Å². The molecule has 4 N–H and O–H groups in total. The molecular formula is C13H14N2OS. The largest absolute Gasteiger partial charge is 0.399 e. The molecule has 4 heteroatoms. The summed E-state index contributed by atoms with van der Waals surface area (Å²) in [4.78, 5) is 14.1. The summed E-state index contributed by atoms with van der Waals surface area (Å²) in [6, 6.07) is 8.81. The molecule has 0 aliphatic rings. The first-order valence-electron chi connectivity index (χ1n) is 5.40. The molecule has 1 heterocycles. The first kappa shape index (κ1) is 11.7. The second-order valence-electron chi connectivity index (χ2n) is 3.80. The standard InChI is InChI=1S/C13H14N2OS/c1-2-9-4-6-12(17-9)13(16)10-5-3-8(14)7-11(10)15/h3-7H,2,14-15H2,1H3. The van der Waals surface area contributed by atoms with Crippen molar-refractivity contribution in [2.45, 2.75) is 13.3 Å². The van der Waals surface area contributed by atoms with Gasteiger partial charge < -0.3 is 11.5 Å². The molecule has 0 bridgehead atoms. The minimum atomic E-state index is -0.0350. The second kappa shape index (κ2) is 4.59. The van der Waals surface area contributed by atoms with Gasteiger partial charge >= 0.3 is 0 Å². The molecule has 0 amide bonds. The molecular weight excluding hydrogens is 232 g/mol. The maximum absolute atomic E-state index is 12.2. The van der Waals surface area contributed by atoms with Gasteiger partial charge in [-0.3, -0.25) is 4.79 Å². The number of ketones is 1. The lowest BCUT2D eigenvalue weighted by molar-refractivity contribution is 0.104. The van der Waals surface area contributed by atoms with Crippen molar-refractivity contribution in [2.75, 3.05) is 11.5 Å². The van der Waals surface area contributed by atoms with Crippen LogP contribution >= 0.6 is 11.3 Å². The van der Waals surface area contributed by atoms with Crippen molar-refractivity contribution in [3.8, 4) is 0 Å². The minimum Gasteiger partial charge on any atom is -0.399 e. The number of aryl methyl sites for hydroxylation is 1. The highest BCUT2D eigenvalue weighted by atomic mass is 32.1. The van der Waals surface area contributed by atoms with E-state index in [9.17, 15) is 4.79 Å². The summed E-state index contributed by atoms with van der Waals surface area (Å²) >= 11 is 1.51. The van der Waals surface area contributed by atoms with Gasteiger partial charge in [-0.05, 0) is 36.8 Å². The Balaban J connectivity index is 2.36. The normalized spacial score (nSPS) is 10.4. The molecule has 17 heavy (non-hydrogen) atoms. The molecule has 0 atom stereocenters. The molecule has 0 saturated heterocycles. The predicted molar refractivity (Wildman–Crippen MR) is 72.4 cm³/mol. The van der Waals surface area contributed by atoms with E-state index in [-0.39, 0.29) is 5.78 Å². The first-order valence-corrected chi connectivity index (χ1v) is 6.22. The Morgan fingerprint density at radius 2 is 2.00 bits per heavy atom. The van der Waals surface area contributed by atoms with Crippen LogP contribution in [0.1, 0.15) is 27.0 Å². The molecule has 2 aromatic rings. The number of carbonyl (C=O) groups excluding carboxylic acids is 1. The third-order valence-electron chi connectivity index (χ3n) is 2.55. The average Bonchev–Trinajstić information content (AvgIpc) is 2.76. The first-order chi connectivity index (χ1) is 8.11.